The SMILES string of the molecule is CCOC(=O)CCN(C(=O)CCc1ccc(C)cc1)C(C)CC. The minimum atomic E-state index is -0.243. The zero-order valence-electron chi connectivity index (χ0n) is 14.8. The van der Waals surface area contributed by atoms with Gasteiger partial charge in [-0.05, 0) is 39.2 Å². The number of carbonyl (C=O) groups is 2. The summed E-state index contributed by atoms with van der Waals surface area (Å²) in [5, 5.41) is 0. The summed E-state index contributed by atoms with van der Waals surface area (Å²) in [7, 11) is 0. The Morgan fingerprint density at radius 2 is 1.78 bits per heavy atom. The van der Waals surface area contributed by atoms with Crippen LogP contribution < -0.4 is 0 Å². The predicted molar refractivity (Wildman–Crippen MR) is 92.2 cm³/mol. The van der Waals surface area contributed by atoms with Gasteiger partial charge in [-0.15, -0.1) is 0 Å². The number of esters is 1. The number of carbonyl (C=O) groups excluding carboxylic acids is 2. The van der Waals surface area contributed by atoms with Crippen molar-refractivity contribution >= 4 is 11.9 Å². The Morgan fingerprint density at radius 1 is 1.13 bits per heavy atom. The lowest BCUT2D eigenvalue weighted by Crippen LogP contribution is -2.40. The first-order chi connectivity index (χ1) is 11.0. The van der Waals surface area contributed by atoms with E-state index in [2.05, 4.69) is 38.1 Å². The summed E-state index contributed by atoms with van der Waals surface area (Å²) in [5.41, 5.74) is 2.38. The van der Waals surface area contributed by atoms with Crippen molar-refractivity contribution < 1.29 is 14.3 Å². The van der Waals surface area contributed by atoms with Gasteiger partial charge in [0.05, 0.1) is 13.0 Å². The number of rotatable bonds is 9. The van der Waals surface area contributed by atoms with Gasteiger partial charge in [-0.3, -0.25) is 9.59 Å². The molecule has 1 aromatic carbocycles. The molecule has 0 aliphatic heterocycles. The molecule has 128 valence electrons. The third-order valence-electron chi connectivity index (χ3n) is 4.05. The van der Waals surface area contributed by atoms with E-state index in [0.29, 0.717) is 19.6 Å². The van der Waals surface area contributed by atoms with Crippen molar-refractivity contribution in [1.82, 2.24) is 4.90 Å². The van der Waals surface area contributed by atoms with Crippen LogP contribution in [0, 0.1) is 6.92 Å². The molecule has 1 atom stereocenters. The lowest BCUT2D eigenvalue weighted by Gasteiger charge is -2.28. The zero-order chi connectivity index (χ0) is 17.2. The average molecular weight is 319 g/mol. The molecule has 0 radical (unpaired) electrons. The summed E-state index contributed by atoms with van der Waals surface area (Å²) in [5.74, 6) is -0.142. The maximum atomic E-state index is 12.5. The van der Waals surface area contributed by atoms with E-state index in [1.54, 1.807) is 6.92 Å². The third kappa shape index (κ3) is 6.85. The van der Waals surface area contributed by atoms with Crippen LogP contribution in [0.3, 0.4) is 0 Å². The minimum Gasteiger partial charge on any atom is -0.466 e. The van der Waals surface area contributed by atoms with Gasteiger partial charge in [0.2, 0.25) is 5.91 Å². The van der Waals surface area contributed by atoms with Crippen molar-refractivity contribution in [3.63, 3.8) is 0 Å². The first-order valence-corrected chi connectivity index (χ1v) is 8.48. The fraction of sp³-hybridized carbons (Fsp3) is 0.579. The van der Waals surface area contributed by atoms with Crippen molar-refractivity contribution in [2.45, 2.75) is 59.4 Å². The van der Waals surface area contributed by atoms with Crippen LogP contribution in [-0.2, 0) is 20.7 Å². The van der Waals surface area contributed by atoms with Gasteiger partial charge in [0.15, 0.2) is 0 Å². The Bertz CT molecular complexity index is 496. The summed E-state index contributed by atoms with van der Waals surface area (Å²) in [6.07, 6.45) is 2.33. The van der Waals surface area contributed by atoms with Crippen LogP contribution in [0.2, 0.25) is 0 Å². The molecule has 1 rings (SSSR count). The topological polar surface area (TPSA) is 46.6 Å². The molecule has 4 nitrogen and oxygen atoms in total. The van der Waals surface area contributed by atoms with Gasteiger partial charge in [0.1, 0.15) is 0 Å². The van der Waals surface area contributed by atoms with Crippen LogP contribution in [0.5, 0.6) is 0 Å². The second-order valence-corrected chi connectivity index (χ2v) is 5.89. The largest absolute Gasteiger partial charge is 0.466 e. The third-order valence-corrected chi connectivity index (χ3v) is 4.05. The number of amides is 1. The maximum absolute atomic E-state index is 12.5. The van der Waals surface area contributed by atoms with E-state index in [9.17, 15) is 9.59 Å². The van der Waals surface area contributed by atoms with Gasteiger partial charge >= 0.3 is 5.97 Å². The fourth-order valence-electron chi connectivity index (χ4n) is 2.41. The van der Waals surface area contributed by atoms with Crippen molar-refractivity contribution in [2.75, 3.05) is 13.2 Å². The summed E-state index contributed by atoms with van der Waals surface area (Å²) in [6, 6.07) is 8.39. The monoisotopic (exact) mass is 319 g/mol. The Balaban J connectivity index is 2.57. The van der Waals surface area contributed by atoms with Gasteiger partial charge in [-0.1, -0.05) is 36.8 Å². The molecule has 23 heavy (non-hydrogen) atoms. The van der Waals surface area contributed by atoms with Crippen molar-refractivity contribution in [1.29, 1.82) is 0 Å². The Morgan fingerprint density at radius 3 is 2.35 bits per heavy atom. The van der Waals surface area contributed by atoms with E-state index >= 15 is 0 Å². The van der Waals surface area contributed by atoms with Crippen molar-refractivity contribution in [2.24, 2.45) is 0 Å². The molecule has 1 amide bonds. The van der Waals surface area contributed by atoms with Gasteiger partial charge in [0, 0.05) is 19.0 Å². The van der Waals surface area contributed by atoms with Crippen LogP contribution in [0.15, 0.2) is 24.3 Å². The standard InChI is InChI=1S/C19H29NO3/c1-5-16(4)20(14-13-19(22)23-6-2)18(21)12-11-17-9-7-15(3)8-10-17/h7-10,16H,5-6,11-14H2,1-4H3. The smallest absolute Gasteiger partial charge is 0.307 e. The van der Waals surface area contributed by atoms with Gasteiger partial charge in [-0.25, -0.2) is 0 Å². The number of aryl methyl sites for hydroxylation is 2. The zero-order valence-corrected chi connectivity index (χ0v) is 14.8. The number of benzene rings is 1. The molecular formula is C19H29NO3. The average Bonchev–Trinajstić information content (AvgIpc) is 2.54. The van der Waals surface area contributed by atoms with Crippen LogP contribution >= 0.6 is 0 Å². The van der Waals surface area contributed by atoms with E-state index in [-0.39, 0.29) is 24.3 Å². The maximum Gasteiger partial charge on any atom is 0.307 e. The van der Waals surface area contributed by atoms with E-state index in [1.165, 1.54) is 11.1 Å². The Hall–Kier alpha value is -1.84. The number of nitrogens with zero attached hydrogens (tertiary/aromatic N) is 1. The summed E-state index contributed by atoms with van der Waals surface area (Å²) < 4.78 is 4.95. The number of hydrogen-bond acceptors (Lipinski definition) is 3. The van der Waals surface area contributed by atoms with E-state index in [4.69, 9.17) is 4.74 Å². The van der Waals surface area contributed by atoms with Gasteiger partial charge in [0.25, 0.3) is 0 Å². The second-order valence-electron chi connectivity index (χ2n) is 5.89. The van der Waals surface area contributed by atoms with Crippen molar-refractivity contribution in [3.05, 3.63) is 35.4 Å². The normalized spacial score (nSPS) is 11.8. The molecule has 0 N–H and O–H groups in total. The summed E-state index contributed by atoms with van der Waals surface area (Å²) in [4.78, 5) is 25.9. The molecule has 1 aromatic rings. The van der Waals surface area contributed by atoms with Crippen LogP contribution in [0.25, 0.3) is 0 Å². The molecule has 0 aliphatic carbocycles. The molecule has 0 saturated heterocycles. The first kappa shape index (κ1) is 19.2. The van der Waals surface area contributed by atoms with Crippen LogP contribution in [-0.4, -0.2) is 36.0 Å². The summed E-state index contributed by atoms with van der Waals surface area (Å²) >= 11 is 0. The highest BCUT2D eigenvalue weighted by Crippen LogP contribution is 2.11. The highest BCUT2D eigenvalue weighted by atomic mass is 16.5. The second kappa shape index (κ2) is 10.0. The molecule has 0 heterocycles. The van der Waals surface area contributed by atoms with E-state index in [1.807, 2.05) is 11.8 Å². The molecule has 0 saturated carbocycles. The quantitative estimate of drug-likeness (QED) is 0.654. The first-order valence-electron chi connectivity index (χ1n) is 8.48. The molecule has 0 spiro atoms. The highest BCUT2D eigenvalue weighted by Gasteiger charge is 2.19. The van der Waals surface area contributed by atoms with Gasteiger partial charge < -0.3 is 9.64 Å². The fourth-order valence-corrected chi connectivity index (χ4v) is 2.41. The molecule has 4 heteroatoms. The molecule has 1 unspecified atom stereocenters. The molecule has 0 bridgehead atoms. The Kier molecular flexibility index (Phi) is 8.38. The van der Waals surface area contributed by atoms with Gasteiger partial charge in [-0.2, -0.15) is 0 Å². The molecule has 0 aliphatic rings. The predicted octanol–water partition coefficient (Wildman–Crippen LogP) is 3.51. The van der Waals surface area contributed by atoms with E-state index < -0.39 is 0 Å². The molecule has 0 fully saturated rings. The molecular weight excluding hydrogens is 290 g/mol. The number of hydrogen-bond donors (Lipinski definition) is 0. The Labute approximate surface area is 139 Å². The lowest BCUT2D eigenvalue weighted by molar-refractivity contribution is -0.144. The highest BCUT2D eigenvalue weighted by molar-refractivity contribution is 5.77. The van der Waals surface area contributed by atoms with Crippen LogP contribution in [0.4, 0.5) is 0 Å². The van der Waals surface area contributed by atoms with Crippen molar-refractivity contribution in [3.8, 4) is 0 Å². The minimum absolute atomic E-state index is 0.101. The number of ether oxygens (including phenoxy) is 1. The molecule has 0 aromatic heterocycles. The lowest BCUT2D eigenvalue weighted by atomic mass is 10.1. The van der Waals surface area contributed by atoms with E-state index in [0.717, 1.165) is 12.8 Å². The summed E-state index contributed by atoms with van der Waals surface area (Å²) in [6.45, 7) is 8.72. The van der Waals surface area contributed by atoms with Crippen LogP contribution in [0.1, 0.15) is 51.2 Å².